The van der Waals surface area contributed by atoms with Gasteiger partial charge in [0.2, 0.25) is 5.91 Å². The highest BCUT2D eigenvalue weighted by atomic mass is 19.4. The van der Waals surface area contributed by atoms with Gasteiger partial charge in [-0.05, 0) is 60.6 Å². The van der Waals surface area contributed by atoms with E-state index in [9.17, 15) is 18.0 Å². The van der Waals surface area contributed by atoms with Gasteiger partial charge in [0.1, 0.15) is 5.82 Å². The minimum Gasteiger partial charge on any atom is -0.364 e. The Bertz CT molecular complexity index is 951. The summed E-state index contributed by atoms with van der Waals surface area (Å²) in [5.41, 5.74) is 0.672. The normalized spacial score (nSPS) is 19.2. The summed E-state index contributed by atoms with van der Waals surface area (Å²) in [4.78, 5) is 18.4. The summed E-state index contributed by atoms with van der Waals surface area (Å²) in [6.45, 7) is 4.82. The van der Waals surface area contributed by atoms with Crippen molar-refractivity contribution in [2.24, 2.45) is 11.8 Å². The number of halogens is 3. The number of nitrogens with one attached hydrogen (secondary N) is 1. The number of nitrogens with zero attached hydrogens (tertiary/aromatic N) is 2. The zero-order chi connectivity index (χ0) is 22.2. The van der Waals surface area contributed by atoms with Gasteiger partial charge >= 0.3 is 6.18 Å². The van der Waals surface area contributed by atoms with Gasteiger partial charge in [-0.3, -0.25) is 4.79 Å². The monoisotopic (exact) mass is 431 g/mol. The maximum atomic E-state index is 13.8. The van der Waals surface area contributed by atoms with Crippen LogP contribution in [0.15, 0.2) is 36.5 Å². The van der Waals surface area contributed by atoms with Crippen LogP contribution in [0.1, 0.15) is 51.5 Å². The van der Waals surface area contributed by atoms with Crippen molar-refractivity contribution in [3.05, 3.63) is 42.1 Å². The number of alkyl halides is 3. The number of anilines is 2. The molecular formula is C24H28F3N3O. The lowest BCUT2D eigenvalue weighted by Gasteiger charge is -2.17. The molecule has 4 nitrogen and oxygen atoms in total. The van der Waals surface area contributed by atoms with Crippen LogP contribution in [0.4, 0.5) is 24.7 Å². The van der Waals surface area contributed by atoms with Gasteiger partial charge in [0, 0.05) is 30.4 Å². The Hall–Kier alpha value is -2.57. The number of carbonyl (C=O) groups excluding carboxylic acids is 1. The fourth-order valence-corrected chi connectivity index (χ4v) is 4.51. The van der Waals surface area contributed by atoms with E-state index in [0.29, 0.717) is 29.4 Å². The third-order valence-electron chi connectivity index (χ3n) is 6.14. The van der Waals surface area contributed by atoms with E-state index in [1.807, 2.05) is 4.90 Å². The molecule has 1 aromatic heterocycles. The molecule has 1 amide bonds. The molecule has 0 radical (unpaired) electrons. The first kappa shape index (κ1) is 21.7. The molecule has 1 aromatic carbocycles. The van der Waals surface area contributed by atoms with Gasteiger partial charge in [0.05, 0.1) is 5.56 Å². The highest BCUT2D eigenvalue weighted by molar-refractivity contribution is 5.92. The summed E-state index contributed by atoms with van der Waals surface area (Å²) >= 11 is 0. The van der Waals surface area contributed by atoms with Gasteiger partial charge in [-0.25, -0.2) is 4.98 Å². The summed E-state index contributed by atoms with van der Waals surface area (Å²) < 4.78 is 41.5. The predicted molar refractivity (Wildman–Crippen MR) is 116 cm³/mol. The standard InChI is InChI=1S/C24H28F3N3O/c1-15(2)11-19-14-30(19)21-8-7-17(12-20(21)24(25,26)27)18-9-10-28-22(13-18)29-23(31)16-5-3-4-6-16/h7-10,12-13,15-16,19H,3-6,11,14H2,1-2H3,(H,28,29,31). The molecule has 1 aliphatic carbocycles. The topological polar surface area (TPSA) is 45.0 Å². The maximum absolute atomic E-state index is 13.8. The van der Waals surface area contributed by atoms with Crippen LogP contribution in [0.5, 0.6) is 0 Å². The molecule has 1 saturated heterocycles. The Morgan fingerprint density at radius 2 is 1.87 bits per heavy atom. The molecule has 2 heterocycles. The van der Waals surface area contributed by atoms with E-state index in [1.165, 1.54) is 12.3 Å². The number of rotatable bonds is 6. The van der Waals surface area contributed by atoms with Gasteiger partial charge in [0.25, 0.3) is 0 Å². The van der Waals surface area contributed by atoms with Gasteiger partial charge in [-0.1, -0.05) is 32.8 Å². The second kappa shape index (κ2) is 8.52. The third-order valence-corrected chi connectivity index (χ3v) is 6.14. The number of hydrogen-bond donors (Lipinski definition) is 1. The maximum Gasteiger partial charge on any atom is 0.418 e. The zero-order valence-electron chi connectivity index (χ0n) is 17.9. The number of pyridine rings is 1. The number of carbonyl (C=O) groups is 1. The predicted octanol–water partition coefficient (Wildman–Crippen LogP) is 6.13. The van der Waals surface area contributed by atoms with Crippen molar-refractivity contribution < 1.29 is 18.0 Å². The first-order chi connectivity index (χ1) is 14.7. The number of hydrogen-bond acceptors (Lipinski definition) is 3. The first-order valence-electron chi connectivity index (χ1n) is 11.0. The third kappa shape index (κ3) is 5.02. The van der Waals surface area contributed by atoms with Gasteiger partial charge < -0.3 is 10.2 Å². The lowest BCUT2D eigenvalue weighted by atomic mass is 10.0. The summed E-state index contributed by atoms with van der Waals surface area (Å²) in [7, 11) is 0. The van der Waals surface area contributed by atoms with Crippen LogP contribution in [-0.2, 0) is 11.0 Å². The molecule has 2 aliphatic rings. The van der Waals surface area contributed by atoms with Crippen molar-refractivity contribution in [3.8, 4) is 11.1 Å². The minimum absolute atomic E-state index is 0.00653. The van der Waals surface area contributed by atoms with Crippen LogP contribution in [-0.4, -0.2) is 23.5 Å². The van der Waals surface area contributed by atoms with Crippen LogP contribution >= 0.6 is 0 Å². The molecule has 1 N–H and O–H groups in total. The molecule has 0 bridgehead atoms. The molecule has 4 rings (SSSR count). The molecule has 1 unspecified atom stereocenters. The molecular weight excluding hydrogens is 403 g/mol. The molecule has 2 aromatic rings. The zero-order valence-corrected chi connectivity index (χ0v) is 17.9. The highest BCUT2D eigenvalue weighted by Crippen LogP contribution is 2.43. The summed E-state index contributed by atoms with van der Waals surface area (Å²) in [6, 6.07) is 7.96. The average Bonchev–Trinajstić information content (AvgIpc) is 3.23. The minimum atomic E-state index is -4.44. The second-order valence-electron chi connectivity index (χ2n) is 9.07. The Kier molecular flexibility index (Phi) is 5.95. The van der Waals surface area contributed by atoms with Gasteiger partial charge in [-0.2, -0.15) is 13.2 Å². The molecule has 166 valence electrons. The van der Waals surface area contributed by atoms with E-state index in [1.54, 1.807) is 24.3 Å². The fourth-order valence-electron chi connectivity index (χ4n) is 4.51. The van der Waals surface area contributed by atoms with Crippen molar-refractivity contribution in [1.29, 1.82) is 0 Å². The first-order valence-corrected chi connectivity index (χ1v) is 11.0. The van der Waals surface area contributed by atoms with Crippen LogP contribution in [0.25, 0.3) is 11.1 Å². The van der Waals surface area contributed by atoms with Crippen molar-refractivity contribution in [2.75, 3.05) is 16.8 Å². The Morgan fingerprint density at radius 1 is 1.16 bits per heavy atom. The van der Waals surface area contributed by atoms with E-state index >= 15 is 0 Å². The SMILES string of the molecule is CC(C)CC1CN1c1ccc(-c2ccnc(NC(=O)C3CCCC3)c2)cc1C(F)(F)F. The van der Waals surface area contributed by atoms with E-state index in [0.717, 1.165) is 32.1 Å². The smallest absolute Gasteiger partial charge is 0.364 e. The molecule has 1 atom stereocenters. The second-order valence-corrected chi connectivity index (χ2v) is 9.07. The van der Waals surface area contributed by atoms with Crippen molar-refractivity contribution in [3.63, 3.8) is 0 Å². The number of amides is 1. The van der Waals surface area contributed by atoms with E-state index in [4.69, 9.17) is 0 Å². The number of aromatic nitrogens is 1. The summed E-state index contributed by atoms with van der Waals surface area (Å²) in [6.07, 6.45) is 1.80. The lowest BCUT2D eigenvalue weighted by Crippen LogP contribution is -2.20. The molecule has 1 saturated carbocycles. The van der Waals surface area contributed by atoms with Crippen LogP contribution in [0, 0.1) is 11.8 Å². The van der Waals surface area contributed by atoms with Crippen molar-refractivity contribution in [1.82, 2.24) is 4.98 Å². The van der Waals surface area contributed by atoms with Crippen LogP contribution in [0.3, 0.4) is 0 Å². The largest absolute Gasteiger partial charge is 0.418 e. The van der Waals surface area contributed by atoms with E-state index in [-0.39, 0.29) is 23.6 Å². The van der Waals surface area contributed by atoms with E-state index in [2.05, 4.69) is 24.1 Å². The Labute approximate surface area is 180 Å². The molecule has 7 heteroatoms. The van der Waals surface area contributed by atoms with Crippen LogP contribution in [0.2, 0.25) is 0 Å². The molecule has 2 fully saturated rings. The van der Waals surface area contributed by atoms with Gasteiger partial charge in [-0.15, -0.1) is 0 Å². The Morgan fingerprint density at radius 3 is 2.55 bits per heavy atom. The summed E-state index contributed by atoms with van der Waals surface area (Å²) in [5, 5.41) is 2.82. The quantitative estimate of drug-likeness (QED) is 0.560. The summed E-state index contributed by atoms with van der Waals surface area (Å²) in [5.74, 6) is 0.743. The number of benzene rings is 1. The average molecular weight is 432 g/mol. The Balaban J connectivity index is 1.58. The van der Waals surface area contributed by atoms with Crippen LogP contribution < -0.4 is 10.2 Å². The molecule has 0 spiro atoms. The lowest BCUT2D eigenvalue weighted by molar-refractivity contribution is -0.137. The molecule has 31 heavy (non-hydrogen) atoms. The van der Waals surface area contributed by atoms with Crippen molar-refractivity contribution >= 4 is 17.4 Å². The molecule has 1 aliphatic heterocycles. The highest BCUT2D eigenvalue weighted by Gasteiger charge is 2.42. The van der Waals surface area contributed by atoms with Crippen molar-refractivity contribution in [2.45, 2.75) is 58.2 Å². The fraction of sp³-hybridized carbons (Fsp3) is 0.500. The van der Waals surface area contributed by atoms with E-state index < -0.39 is 11.7 Å². The van der Waals surface area contributed by atoms with Gasteiger partial charge in [0.15, 0.2) is 0 Å².